The van der Waals surface area contributed by atoms with Gasteiger partial charge in [-0.2, -0.15) is 5.10 Å². The van der Waals surface area contributed by atoms with E-state index in [2.05, 4.69) is 20.8 Å². The quantitative estimate of drug-likeness (QED) is 0.765. The number of benzene rings is 1. The van der Waals surface area contributed by atoms with Gasteiger partial charge in [0, 0.05) is 11.9 Å². The summed E-state index contributed by atoms with van der Waals surface area (Å²) in [4.78, 5) is 24.9. The molecule has 7 nitrogen and oxygen atoms in total. The number of hydrogen-bond acceptors (Lipinski definition) is 4. The van der Waals surface area contributed by atoms with Gasteiger partial charge in [0.05, 0.1) is 22.8 Å². The maximum absolute atomic E-state index is 12.9. The fourth-order valence-electron chi connectivity index (χ4n) is 3.07. The first-order valence-corrected chi connectivity index (χ1v) is 8.89. The molecule has 2 amide bonds. The van der Waals surface area contributed by atoms with Crippen LogP contribution >= 0.6 is 0 Å². The summed E-state index contributed by atoms with van der Waals surface area (Å²) in [5, 5.41) is 13.7. The first kappa shape index (κ1) is 18.2. The fourth-order valence-corrected chi connectivity index (χ4v) is 3.07. The summed E-state index contributed by atoms with van der Waals surface area (Å²) in [6, 6.07) is 5.50. The highest BCUT2D eigenvalue weighted by atomic mass is 16.6. The molecule has 1 heterocycles. The largest absolute Gasteiger partial charge is 0.444 e. The number of alkyl carbamates (subject to hydrolysis) is 1. The lowest BCUT2D eigenvalue weighted by Gasteiger charge is -2.32. The number of nitrogens with one attached hydrogen (secondary N) is 3. The van der Waals surface area contributed by atoms with E-state index in [4.69, 9.17) is 4.74 Å². The van der Waals surface area contributed by atoms with E-state index in [0.29, 0.717) is 23.5 Å². The highest BCUT2D eigenvalue weighted by Gasteiger charge is 2.43. The van der Waals surface area contributed by atoms with Crippen molar-refractivity contribution < 1.29 is 14.3 Å². The predicted molar refractivity (Wildman–Crippen MR) is 98.9 cm³/mol. The van der Waals surface area contributed by atoms with Crippen LogP contribution in [-0.2, 0) is 4.74 Å². The van der Waals surface area contributed by atoms with Gasteiger partial charge in [-0.15, -0.1) is 0 Å². The van der Waals surface area contributed by atoms with E-state index in [9.17, 15) is 9.59 Å². The average molecular weight is 358 g/mol. The van der Waals surface area contributed by atoms with Crippen LogP contribution in [0.5, 0.6) is 0 Å². The van der Waals surface area contributed by atoms with Gasteiger partial charge in [-0.1, -0.05) is 12.1 Å². The molecule has 26 heavy (non-hydrogen) atoms. The van der Waals surface area contributed by atoms with Gasteiger partial charge in [0.2, 0.25) is 0 Å². The van der Waals surface area contributed by atoms with Crippen LogP contribution in [0.1, 0.15) is 50.9 Å². The maximum atomic E-state index is 12.9. The average Bonchev–Trinajstić information content (AvgIpc) is 3.29. The van der Waals surface area contributed by atoms with Gasteiger partial charge in [-0.3, -0.25) is 9.89 Å². The minimum Gasteiger partial charge on any atom is -0.444 e. The number of para-hydroxylation sites is 1. The van der Waals surface area contributed by atoms with Crippen LogP contribution in [0.2, 0.25) is 0 Å². The van der Waals surface area contributed by atoms with Crippen molar-refractivity contribution in [3.63, 3.8) is 0 Å². The first-order valence-electron chi connectivity index (χ1n) is 8.89. The molecule has 0 radical (unpaired) electrons. The van der Waals surface area contributed by atoms with E-state index in [-0.39, 0.29) is 5.91 Å². The van der Waals surface area contributed by atoms with Crippen LogP contribution < -0.4 is 10.6 Å². The molecule has 3 N–H and O–H groups in total. The van der Waals surface area contributed by atoms with Crippen molar-refractivity contribution >= 4 is 22.9 Å². The lowest BCUT2D eigenvalue weighted by Crippen LogP contribution is -2.55. The molecule has 0 spiro atoms. The number of nitrogens with zero attached hydrogens (tertiary/aromatic N) is 1. The Morgan fingerprint density at radius 2 is 2.00 bits per heavy atom. The molecule has 1 unspecified atom stereocenters. The Morgan fingerprint density at radius 1 is 1.27 bits per heavy atom. The van der Waals surface area contributed by atoms with Gasteiger partial charge < -0.3 is 15.4 Å². The molecule has 1 aliphatic rings. The fraction of sp³-hybridized carbons (Fsp3) is 0.526. The molecular weight excluding hydrogens is 332 g/mol. The van der Waals surface area contributed by atoms with Crippen molar-refractivity contribution in [1.29, 1.82) is 0 Å². The number of fused-ring (bicyclic) bond motifs is 1. The van der Waals surface area contributed by atoms with Gasteiger partial charge in [-0.25, -0.2) is 4.79 Å². The second kappa shape index (κ2) is 6.63. The van der Waals surface area contributed by atoms with Crippen LogP contribution in [0.3, 0.4) is 0 Å². The number of rotatable bonds is 5. The first-order chi connectivity index (χ1) is 12.2. The third-order valence-electron chi connectivity index (χ3n) is 4.60. The number of ether oxygens (including phenoxy) is 1. The molecule has 1 saturated carbocycles. The normalized spacial score (nSPS) is 16.8. The van der Waals surface area contributed by atoms with Crippen LogP contribution in [0.4, 0.5) is 4.79 Å². The zero-order valence-corrected chi connectivity index (χ0v) is 15.7. The number of hydrogen-bond donors (Lipinski definition) is 3. The Labute approximate surface area is 152 Å². The molecule has 1 atom stereocenters. The van der Waals surface area contributed by atoms with E-state index < -0.39 is 17.2 Å². The monoisotopic (exact) mass is 358 g/mol. The second-order valence-electron chi connectivity index (χ2n) is 8.14. The molecule has 3 rings (SSSR count). The number of aromatic nitrogens is 2. The number of amides is 2. The minimum atomic E-state index is -0.556. The van der Waals surface area contributed by atoms with Crippen molar-refractivity contribution in [1.82, 2.24) is 20.8 Å². The molecule has 1 aromatic heterocycles. The van der Waals surface area contributed by atoms with Crippen LogP contribution in [0.15, 0.2) is 24.4 Å². The summed E-state index contributed by atoms with van der Waals surface area (Å²) in [5.41, 5.74) is 0.169. The topological polar surface area (TPSA) is 96.1 Å². The van der Waals surface area contributed by atoms with Gasteiger partial charge in [0.1, 0.15) is 5.60 Å². The van der Waals surface area contributed by atoms with E-state index in [1.165, 1.54) is 0 Å². The highest BCUT2D eigenvalue weighted by molar-refractivity contribution is 6.05. The smallest absolute Gasteiger partial charge is 0.407 e. The maximum Gasteiger partial charge on any atom is 0.407 e. The molecule has 7 heteroatoms. The summed E-state index contributed by atoms with van der Waals surface area (Å²) >= 11 is 0. The van der Waals surface area contributed by atoms with E-state index >= 15 is 0 Å². The molecule has 0 saturated heterocycles. The standard InChI is InChI=1S/C19H26N4O3/c1-18(2,3)26-17(25)20-11-19(4,13-8-9-13)22-16(24)14-7-5-6-12-10-21-23-15(12)14/h5-7,10,13H,8-9,11H2,1-4H3,(H,20,25)(H,21,23)(H,22,24). The van der Waals surface area contributed by atoms with Gasteiger partial charge in [-0.05, 0) is 52.5 Å². The van der Waals surface area contributed by atoms with Crippen LogP contribution in [-0.4, -0.2) is 39.9 Å². The van der Waals surface area contributed by atoms with Crippen molar-refractivity contribution in [2.45, 2.75) is 51.7 Å². The Morgan fingerprint density at radius 3 is 2.65 bits per heavy atom. The lowest BCUT2D eigenvalue weighted by atomic mass is 9.94. The number of carbonyl (C=O) groups excluding carboxylic acids is 2. The Bertz CT molecular complexity index is 820. The SMILES string of the molecule is CC(C)(C)OC(=O)NCC(C)(NC(=O)c1cccc2cn[nH]c12)C1CC1. The Hall–Kier alpha value is -2.57. The summed E-state index contributed by atoms with van der Waals surface area (Å²) in [6.45, 7) is 7.74. The van der Waals surface area contributed by atoms with Crippen molar-refractivity contribution in [3.8, 4) is 0 Å². The predicted octanol–water partition coefficient (Wildman–Crippen LogP) is 2.99. The second-order valence-corrected chi connectivity index (χ2v) is 8.14. The number of carbonyl (C=O) groups is 2. The van der Waals surface area contributed by atoms with Crippen LogP contribution in [0, 0.1) is 5.92 Å². The van der Waals surface area contributed by atoms with Gasteiger partial charge in [0.15, 0.2) is 0 Å². The molecule has 140 valence electrons. The molecule has 1 aromatic carbocycles. The van der Waals surface area contributed by atoms with E-state index in [1.807, 2.05) is 39.8 Å². The van der Waals surface area contributed by atoms with Crippen LogP contribution in [0.25, 0.3) is 10.9 Å². The third-order valence-corrected chi connectivity index (χ3v) is 4.60. The number of aromatic amines is 1. The lowest BCUT2D eigenvalue weighted by molar-refractivity contribution is 0.0502. The molecular formula is C19H26N4O3. The molecule has 1 fully saturated rings. The molecule has 2 aromatic rings. The van der Waals surface area contributed by atoms with Crippen molar-refractivity contribution in [2.75, 3.05) is 6.54 Å². The van der Waals surface area contributed by atoms with E-state index in [0.717, 1.165) is 18.2 Å². The van der Waals surface area contributed by atoms with E-state index in [1.54, 1.807) is 12.3 Å². The summed E-state index contributed by atoms with van der Waals surface area (Å²) < 4.78 is 5.29. The van der Waals surface area contributed by atoms with Crippen molar-refractivity contribution in [2.24, 2.45) is 5.92 Å². The number of H-pyrrole nitrogens is 1. The zero-order chi connectivity index (χ0) is 18.9. The van der Waals surface area contributed by atoms with Gasteiger partial charge >= 0.3 is 6.09 Å². The summed E-state index contributed by atoms with van der Waals surface area (Å²) in [7, 11) is 0. The minimum absolute atomic E-state index is 0.180. The highest BCUT2D eigenvalue weighted by Crippen LogP contribution is 2.39. The Kier molecular flexibility index (Phi) is 4.64. The molecule has 1 aliphatic carbocycles. The summed E-state index contributed by atoms with van der Waals surface area (Å²) in [6.07, 6.45) is 3.27. The Balaban J connectivity index is 1.71. The van der Waals surface area contributed by atoms with Gasteiger partial charge in [0.25, 0.3) is 5.91 Å². The third kappa shape index (κ3) is 4.15. The van der Waals surface area contributed by atoms with Crippen molar-refractivity contribution in [3.05, 3.63) is 30.0 Å². The molecule has 0 aliphatic heterocycles. The zero-order valence-electron chi connectivity index (χ0n) is 15.7. The molecule has 0 bridgehead atoms. The summed E-state index contributed by atoms with van der Waals surface area (Å²) in [5.74, 6) is 0.155.